The zero-order chi connectivity index (χ0) is 21.3. The van der Waals surface area contributed by atoms with Gasteiger partial charge in [-0.25, -0.2) is 26.9 Å². The number of urea groups is 1. The van der Waals surface area contributed by atoms with Crippen LogP contribution in [-0.2, 0) is 14.8 Å². The fourth-order valence-electron chi connectivity index (χ4n) is 2.76. The van der Waals surface area contributed by atoms with Crippen LogP contribution < -0.4 is 10.6 Å². The van der Waals surface area contributed by atoms with Crippen molar-refractivity contribution in [2.45, 2.75) is 17.9 Å². The summed E-state index contributed by atoms with van der Waals surface area (Å²) in [5.74, 6) is -1.55. The number of nitriles is 1. The topological polar surface area (TPSA) is 132 Å². The maximum atomic E-state index is 14.1. The molecule has 2 aromatic rings. The van der Waals surface area contributed by atoms with Crippen LogP contribution in [0.5, 0.6) is 0 Å². The van der Waals surface area contributed by atoms with Gasteiger partial charge >= 0.3 is 6.03 Å². The van der Waals surface area contributed by atoms with Crippen LogP contribution in [0.2, 0.25) is 5.15 Å². The van der Waals surface area contributed by atoms with Gasteiger partial charge in [-0.2, -0.15) is 5.26 Å². The van der Waals surface area contributed by atoms with Crippen LogP contribution in [0.15, 0.2) is 35.4 Å². The molecule has 0 saturated heterocycles. The molecule has 29 heavy (non-hydrogen) atoms. The van der Waals surface area contributed by atoms with Crippen molar-refractivity contribution >= 4 is 39.2 Å². The molecule has 1 aliphatic heterocycles. The Bertz CT molecular complexity index is 1160. The Balaban J connectivity index is 1.79. The molecule has 1 aromatic carbocycles. The second kappa shape index (κ2) is 7.65. The Labute approximate surface area is 170 Å². The van der Waals surface area contributed by atoms with Crippen molar-refractivity contribution in [1.82, 2.24) is 14.6 Å². The van der Waals surface area contributed by atoms with Crippen LogP contribution in [0.3, 0.4) is 0 Å². The molecule has 12 heteroatoms. The number of carbonyl (C=O) groups excluding carboxylic acids is 2. The highest BCUT2D eigenvalue weighted by Gasteiger charge is 2.40. The highest BCUT2D eigenvalue weighted by Crippen LogP contribution is 2.34. The largest absolute Gasteiger partial charge is 0.348 e. The number of halogens is 2. The van der Waals surface area contributed by atoms with Gasteiger partial charge < -0.3 is 10.6 Å². The number of nitrogens with one attached hydrogen (secondary N) is 2. The maximum Gasteiger partial charge on any atom is 0.336 e. The summed E-state index contributed by atoms with van der Waals surface area (Å²) in [5.41, 5.74) is 0.172. The number of anilines is 1. The fraction of sp³-hybridized carbons (Fsp3) is 0.176. The molecular formula is C17H13ClFN5O4S. The summed E-state index contributed by atoms with van der Waals surface area (Å²) in [5, 5.41) is 13.2. The molecule has 3 rings (SSSR count). The van der Waals surface area contributed by atoms with Crippen molar-refractivity contribution in [3.05, 3.63) is 52.6 Å². The van der Waals surface area contributed by atoms with Gasteiger partial charge in [-0.15, -0.1) is 0 Å². The quantitative estimate of drug-likeness (QED) is 0.704. The number of sulfonamides is 1. The Morgan fingerprint density at radius 3 is 2.83 bits per heavy atom. The third kappa shape index (κ3) is 3.85. The van der Waals surface area contributed by atoms with Crippen LogP contribution >= 0.6 is 11.6 Å². The van der Waals surface area contributed by atoms with E-state index in [0.717, 1.165) is 6.07 Å². The minimum Gasteiger partial charge on any atom is -0.348 e. The molecule has 0 saturated carbocycles. The minimum atomic E-state index is -4.42. The molecule has 150 valence electrons. The van der Waals surface area contributed by atoms with E-state index in [9.17, 15) is 22.4 Å². The van der Waals surface area contributed by atoms with E-state index < -0.39 is 45.3 Å². The van der Waals surface area contributed by atoms with Crippen molar-refractivity contribution < 1.29 is 22.4 Å². The zero-order valence-electron chi connectivity index (χ0n) is 14.8. The average Bonchev–Trinajstić information content (AvgIpc) is 2.64. The van der Waals surface area contributed by atoms with Crippen LogP contribution in [0, 0.1) is 17.1 Å². The van der Waals surface area contributed by atoms with Crippen molar-refractivity contribution in [3.8, 4) is 6.07 Å². The average molecular weight is 438 g/mol. The highest BCUT2D eigenvalue weighted by molar-refractivity contribution is 7.90. The molecule has 0 radical (unpaired) electrons. The molecule has 1 aromatic heterocycles. The lowest BCUT2D eigenvalue weighted by Crippen LogP contribution is -2.49. The summed E-state index contributed by atoms with van der Waals surface area (Å²) >= 11 is 5.85. The molecule has 0 aliphatic carbocycles. The van der Waals surface area contributed by atoms with E-state index in [1.165, 1.54) is 31.3 Å². The molecule has 3 amide bonds. The fourth-order valence-corrected chi connectivity index (χ4v) is 4.65. The van der Waals surface area contributed by atoms with Crippen LogP contribution in [0.1, 0.15) is 24.1 Å². The molecule has 0 bridgehead atoms. The Kier molecular flexibility index (Phi) is 5.41. The third-order valence-electron chi connectivity index (χ3n) is 4.14. The summed E-state index contributed by atoms with van der Waals surface area (Å²) in [4.78, 5) is 27.8. The van der Waals surface area contributed by atoms with Gasteiger partial charge in [-0.3, -0.25) is 4.79 Å². The van der Waals surface area contributed by atoms with Crippen LogP contribution in [0.25, 0.3) is 0 Å². The predicted octanol–water partition coefficient (Wildman–Crippen LogP) is 2.16. The SMILES string of the molecule is C[C@H](NC(=O)CN1C(=O)Nc2ccnc(Cl)c2S1(=O)=O)c1ccc(C#N)cc1F. The first kappa shape index (κ1) is 20.5. The lowest BCUT2D eigenvalue weighted by molar-refractivity contribution is -0.121. The summed E-state index contributed by atoms with van der Waals surface area (Å²) in [6, 6.07) is 4.93. The van der Waals surface area contributed by atoms with Gasteiger partial charge in [-0.1, -0.05) is 17.7 Å². The second-order valence-corrected chi connectivity index (χ2v) is 8.21. The summed E-state index contributed by atoms with van der Waals surface area (Å²) in [7, 11) is -4.42. The lowest BCUT2D eigenvalue weighted by atomic mass is 10.1. The Hall–Kier alpha value is -3.23. The molecule has 2 heterocycles. The number of pyridine rings is 1. The number of hydrogen-bond donors (Lipinski definition) is 2. The van der Waals surface area contributed by atoms with E-state index in [0.29, 0.717) is 4.31 Å². The first-order valence-electron chi connectivity index (χ1n) is 8.12. The Morgan fingerprint density at radius 1 is 1.45 bits per heavy atom. The molecule has 9 nitrogen and oxygen atoms in total. The van der Waals surface area contributed by atoms with E-state index in [2.05, 4.69) is 15.6 Å². The van der Waals surface area contributed by atoms with Gasteiger partial charge in [0.1, 0.15) is 17.3 Å². The zero-order valence-corrected chi connectivity index (χ0v) is 16.4. The van der Waals surface area contributed by atoms with E-state index in [4.69, 9.17) is 16.9 Å². The number of nitrogens with zero attached hydrogens (tertiary/aromatic N) is 3. The van der Waals surface area contributed by atoms with Gasteiger partial charge in [0.2, 0.25) is 5.91 Å². The molecule has 1 aliphatic rings. The first-order valence-corrected chi connectivity index (χ1v) is 9.94. The number of benzene rings is 1. The van der Waals surface area contributed by atoms with E-state index >= 15 is 0 Å². The molecular weight excluding hydrogens is 425 g/mol. The minimum absolute atomic E-state index is 0.0420. The number of aromatic nitrogens is 1. The molecule has 2 N–H and O–H groups in total. The number of rotatable bonds is 4. The standard InChI is InChI=1S/C17H13ClFN5O4S/c1-9(11-3-2-10(7-20)6-12(11)19)22-14(25)8-24-17(26)23-13-4-5-21-16(18)15(13)29(24,27)28/h2-6,9H,8H2,1H3,(H,22,25)(H,23,26)/t9-/m0/s1. The first-order chi connectivity index (χ1) is 13.6. The van der Waals surface area contributed by atoms with E-state index in [-0.39, 0.29) is 22.0 Å². The van der Waals surface area contributed by atoms with Crippen LogP contribution in [0.4, 0.5) is 14.9 Å². The van der Waals surface area contributed by atoms with Crippen molar-refractivity contribution in [1.29, 1.82) is 5.26 Å². The molecule has 0 spiro atoms. The number of fused-ring (bicyclic) bond motifs is 1. The lowest BCUT2D eigenvalue weighted by Gasteiger charge is -2.28. The number of carbonyl (C=O) groups is 2. The third-order valence-corrected chi connectivity index (χ3v) is 6.34. The summed E-state index contributed by atoms with van der Waals surface area (Å²) < 4.78 is 39.9. The van der Waals surface area contributed by atoms with Gasteiger partial charge in [0.05, 0.1) is 23.4 Å². The van der Waals surface area contributed by atoms with Gasteiger partial charge in [0.15, 0.2) is 5.15 Å². The van der Waals surface area contributed by atoms with Gasteiger partial charge in [-0.05, 0) is 25.1 Å². The number of hydrogen-bond acceptors (Lipinski definition) is 6. The van der Waals surface area contributed by atoms with Gasteiger partial charge in [0.25, 0.3) is 10.0 Å². The predicted molar refractivity (Wildman–Crippen MR) is 99.8 cm³/mol. The highest BCUT2D eigenvalue weighted by atomic mass is 35.5. The molecule has 1 atom stereocenters. The Morgan fingerprint density at radius 2 is 2.17 bits per heavy atom. The van der Waals surface area contributed by atoms with Gasteiger partial charge in [0, 0.05) is 11.8 Å². The van der Waals surface area contributed by atoms with Crippen LogP contribution in [-0.4, -0.2) is 36.2 Å². The van der Waals surface area contributed by atoms with E-state index in [1.807, 2.05) is 0 Å². The summed E-state index contributed by atoms with van der Waals surface area (Å²) in [6.45, 7) is 0.629. The monoisotopic (exact) mass is 437 g/mol. The van der Waals surface area contributed by atoms with E-state index in [1.54, 1.807) is 6.07 Å². The van der Waals surface area contributed by atoms with Crippen molar-refractivity contribution in [2.75, 3.05) is 11.9 Å². The maximum absolute atomic E-state index is 14.1. The van der Waals surface area contributed by atoms with Crippen molar-refractivity contribution in [2.24, 2.45) is 0 Å². The summed E-state index contributed by atoms with van der Waals surface area (Å²) in [6.07, 6.45) is 1.23. The molecule has 0 fully saturated rings. The smallest absolute Gasteiger partial charge is 0.336 e. The second-order valence-electron chi connectivity index (χ2n) is 6.06. The number of amides is 3. The normalized spacial score (nSPS) is 15.7. The van der Waals surface area contributed by atoms with Crippen molar-refractivity contribution in [3.63, 3.8) is 0 Å². The molecule has 0 unspecified atom stereocenters.